The molecule has 0 spiro atoms. The number of carbonyl (C=O) groups is 1. The van der Waals surface area contributed by atoms with Crippen LogP contribution in [0, 0.1) is 6.92 Å². The fraction of sp³-hybridized carbons (Fsp3) is 0.643. The predicted molar refractivity (Wildman–Crippen MR) is 73.9 cm³/mol. The number of amides is 1. The van der Waals surface area contributed by atoms with Gasteiger partial charge in [-0.3, -0.25) is 10.1 Å². The molecule has 1 N–H and O–H groups in total. The number of hydrogen-bond donors (Lipinski definition) is 1. The molecular formula is C14H17F3N2OS. The van der Waals surface area contributed by atoms with Crippen molar-refractivity contribution in [3.8, 4) is 0 Å². The van der Waals surface area contributed by atoms with Crippen LogP contribution < -0.4 is 5.32 Å². The van der Waals surface area contributed by atoms with E-state index in [9.17, 15) is 18.0 Å². The summed E-state index contributed by atoms with van der Waals surface area (Å²) in [6, 6.07) is 3.15. The summed E-state index contributed by atoms with van der Waals surface area (Å²) in [5.41, 5.74) is -1.97. The molecule has 1 aromatic rings. The molecule has 2 atom stereocenters. The molecule has 0 aromatic carbocycles. The highest BCUT2D eigenvalue weighted by atomic mass is 32.1. The van der Waals surface area contributed by atoms with E-state index in [1.165, 1.54) is 11.3 Å². The van der Waals surface area contributed by atoms with Gasteiger partial charge in [-0.2, -0.15) is 13.2 Å². The molecule has 7 heteroatoms. The van der Waals surface area contributed by atoms with Gasteiger partial charge in [-0.15, -0.1) is 11.3 Å². The molecule has 2 fully saturated rings. The minimum atomic E-state index is -4.38. The third kappa shape index (κ3) is 2.17. The molecule has 1 saturated heterocycles. The van der Waals surface area contributed by atoms with E-state index in [4.69, 9.17) is 0 Å². The monoisotopic (exact) mass is 318 g/mol. The summed E-state index contributed by atoms with van der Waals surface area (Å²) in [6.45, 7) is 3.71. The summed E-state index contributed by atoms with van der Waals surface area (Å²) >= 11 is 1.43. The van der Waals surface area contributed by atoms with Crippen LogP contribution in [0.2, 0.25) is 0 Å². The molecule has 0 bridgehead atoms. The van der Waals surface area contributed by atoms with Crippen molar-refractivity contribution in [3.63, 3.8) is 0 Å². The van der Waals surface area contributed by atoms with E-state index in [1.54, 1.807) is 0 Å². The number of nitrogens with zero attached hydrogens (tertiary/aromatic N) is 1. The largest absolute Gasteiger partial charge is 0.411 e. The lowest BCUT2D eigenvalue weighted by molar-refractivity contribution is -0.202. The summed E-state index contributed by atoms with van der Waals surface area (Å²) in [5.74, 6) is -0.427. The van der Waals surface area contributed by atoms with Gasteiger partial charge >= 0.3 is 6.18 Å². The standard InChI is InChI=1S/C14H17F3N2OS/c1-3-9-12(20)19(13(6-7-13)14(15,16)17)11(18-9)10-5-4-8(2)21-10/h4-5,9,11,18H,3,6-7H2,1-2H3. The number of halogens is 3. The average Bonchev–Trinajstić information content (AvgIpc) is 3.00. The quantitative estimate of drug-likeness (QED) is 0.927. The number of alkyl halides is 3. The zero-order valence-corrected chi connectivity index (χ0v) is 12.6. The van der Waals surface area contributed by atoms with Crippen molar-refractivity contribution in [1.82, 2.24) is 10.2 Å². The van der Waals surface area contributed by atoms with E-state index < -0.39 is 29.8 Å². The first-order chi connectivity index (χ1) is 9.80. The molecule has 1 aliphatic carbocycles. The number of rotatable bonds is 3. The van der Waals surface area contributed by atoms with Gasteiger partial charge in [0.05, 0.1) is 6.04 Å². The SMILES string of the molecule is CCC1NC(c2ccc(C)s2)N(C2(C(F)(F)F)CC2)C1=O. The van der Waals surface area contributed by atoms with E-state index in [0.29, 0.717) is 6.42 Å². The number of nitrogens with one attached hydrogen (secondary N) is 1. The normalized spacial score (nSPS) is 28.2. The number of hydrogen-bond acceptors (Lipinski definition) is 3. The van der Waals surface area contributed by atoms with E-state index in [2.05, 4.69) is 5.32 Å². The Morgan fingerprint density at radius 3 is 2.52 bits per heavy atom. The molecule has 3 rings (SSSR count). The van der Waals surface area contributed by atoms with Gasteiger partial charge in [0.1, 0.15) is 11.7 Å². The van der Waals surface area contributed by atoms with Gasteiger partial charge < -0.3 is 4.90 Å². The van der Waals surface area contributed by atoms with Crippen molar-refractivity contribution in [2.24, 2.45) is 0 Å². The third-order valence-electron chi connectivity index (χ3n) is 4.30. The molecule has 116 valence electrons. The second-order valence-corrected chi connectivity index (χ2v) is 7.04. The molecule has 1 aromatic heterocycles. The van der Waals surface area contributed by atoms with Crippen molar-refractivity contribution in [2.45, 2.75) is 57.0 Å². The molecule has 2 heterocycles. The minimum absolute atomic E-state index is 0.00120. The number of thiophene rings is 1. The summed E-state index contributed by atoms with van der Waals surface area (Å²) in [7, 11) is 0. The van der Waals surface area contributed by atoms with Crippen LogP contribution in [0.1, 0.15) is 42.1 Å². The summed E-state index contributed by atoms with van der Waals surface area (Å²) in [6.07, 6.45) is -4.55. The molecule has 0 radical (unpaired) electrons. The van der Waals surface area contributed by atoms with Crippen molar-refractivity contribution in [2.75, 3.05) is 0 Å². The molecule has 2 aliphatic rings. The second-order valence-electron chi connectivity index (χ2n) is 5.72. The molecule has 3 nitrogen and oxygen atoms in total. The smallest absolute Gasteiger partial charge is 0.306 e. The van der Waals surface area contributed by atoms with E-state index in [-0.39, 0.29) is 12.8 Å². The van der Waals surface area contributed by atoms with Crippen molar-refractivity contribution in [1.29, 1.82) is 0 Å². The third-order valence-corrected chi connectivity index (χ3v) is 5.36. The van der Waals surface area contributed by atoms with Crippen LogP contribution in [-0.2, 0) is 4.79 Å². The first-order valence-electron chi connectivity index (χ1n) is 7.02. The van der Waals surface area contributed by atoms with Crippen LogP contribution in [0.25, 0.3) is 0 Å². The molecule has 21 heavy (non-hydrogen) atoms. The van der Waals surface area contributed by atoms with Crippen LogP contribution in [0.15, 0.2) is 12.1 Å². The Kier molecular flexibility index (Phi) is 3.33. The van der Waals surface area contributed by atoms with Gasteiger partial charge in [0.15, 0.2) is 0 Å². The Morgan fingerprint density at radius 1 is 1.43 bits per heavy atom. The average molecular weight is 318 g/mol. The van der Waals surface area contributed by atoms with E-state index in [0.717, 1.165) is 14.7 Å². The fourth-order valence-corrected chi connectivity index (χ4v) is 3.90. The lowest BCUT2D eigenvalue weighted by Crippen LogP contribution is -2.50. The second kappa shape index (κ2) is 4.71. The van der Waals surface area contributed by atoms with Gasteiger partial charge in [-0.05, 0) is 38.3 Å². The molecule has 1 amide bonds. The molecule has 2 unspecified atom stereocenters. The Bertz CT molecular complexity index is 565. The van der Waals surface area contributed by atoms with Gasteiger partial charge in [0.2, 0.25) is 5.91 Å². The van der Waals surface area contributed by atoms with Crippen LogP contribution in [0.4, 0.5) is 13.2 Å². The summed E-state index contributed by atoms with van der Waals surface area (Å²) < 4.78 is 40.3. The predicted octanol–water partition coefficient (Wildman–Crippen LogP) is 3.36. The van der Waals surface area contributed by atoms with Crippen molar-refractivity contribution >= 4 is 17.2 Å². The zero-order chi connectivity index (χ0) is 15.4. The van der Waals surface area contributed by atoms with Gasteiger partial charge in [0.25, 0.3) is 0 Å². The van der Waals surface area contributed by atoms with E-state index in [1.807, 2.05) is 26.0 Å². The first-order valence-corrected chi connectivity index (χ1v) is 7.84. The number of carbonyl (C=O) groups excluding carboxylic acids is 1. The van der Waals surface area contributed by atoms with Crippen LogP contribution >= 0.6 is 11.3 Å². The Hall–Kier alpha value is -1.08. The molecular weight excluding hydrogens is 301 g/mol. The topological polar surface area (TPSA) is 32.3 Å². The van der Waals surface area contributed by atoms with Gasteiger partial charge in [-0.1, -0.05) is 6.92 Å². The summed E-state index contributed by atoms with van der Waals surface area (Å²) in [5, 5.41) is 3.08. The molecule has 1 aliphatic heterocycles. The maximum absolute atomic E-state index is 13.4. The van der Waals surface area contributed by atoms with Gasteiger partial charge in [0, 0.05) is 9.75 Å². The highest BCUT2D eigenvalue weighted by Gasteiger charge is 2.71. The lowest BCUT2D eigenvalue weighted by Gasteiger charge is -2.34. The number of aryl methyl sites for hydroxylation is 1. The summed E-state index contributed by atoms with van der Waals surface area (Å²) in [4.78, 5) is 15.3. The Labute approximate surface area is 125 Å². The Balaban J connectivity index is 2.00. The van der Waals surface area contributed by atoms with Crippen LogP contribution in [-0.4, -0.2) is 28.6 Å². The van der Waals surface area contributed by atoms with Crippen molar-refractivity contribution < 1.29 is 18.0 Å². The van der Waals surface area contributed by atoms with E-state index >= 15 is 0 Å². The minimum Gasteiger partial charge on any atom is -0.306 e. The highest BCUT2D eigenvalue weighted by Crippen LogP contribution is 2.57. The fourth-order valence-electron chi connectivity index (χ4n) is 2.97. The lowest BCUT2D eigenvalue weighted by atomic mass is 10.1. The van der Waals surface area contributed by atoms with Crippen molar-refractivity contribution in [3.05, 3.63) is 21.9 Å². The van der Waals surface area contributed by atoms with Gasteiger partial charge in [-0.25, -0.2) is 0 Å². The maximum atomic E-state index is 13.4. The maximum Gasteiger partial charge on any atom is 0.411 e. The highest BCUT2D eigenvalue weighted by molar-refractivity contribution is 7.12. The Morgan fingerprint density at radius 2 is 2.10 bits per heavy atom. The van der Waals surface area contributed by atoms with Crippen LogP contribution in [0.5, 0.6) is 0 Å². The van der Waals surface area contributed by atoms with Crippen LogP contribution in [0.3, 0.4) is 0 Å². The first kappa shape index (κ1) is 14.8. The molecule has 1 saturated carbocycles. The zero-order valence-electron chi connectivity index (χ0n) is 11.8.